The van der Waals surface area contributed by atoms with Gasteiger partial charge in [-0.1, -0.05) is 12.1 Å². The van der Waals surface area contributed by atoms with E-state index >= 15 is 0 Å². The SMILES string of the molecule is COc1ccccc1O[C@@H]1C[C@@H]2CN(Cc3nccn3C)C[C@@H]2C[C@H]1O. The molecule has 2 aliphatic rings. The van der Waals surface area contributed by atoms with Crippen LogP contribution in [-0.4, -0.2) is 52.0 Å². The van der Waals surface area contributed by atoms with Crippen LogP contribution in [0, 0.1) is 11.8 Å². The minimum atomic E-state index is -0.436. The summed E-state index contributed by atoms with van der Waals surface area (Å²) in [6, 6.07) is 7.64. The van der Waals surface area contributed by atoms with Crippen molar-refractivity contribution in [1.82, 2.24) is 14.5 Å². The van der Waals surface area contributed by atoms with Crippen LogP contribution in [0.3, 0.4) is 0 Å². The van der Waals surface area contributed by atoms with Crippen LogP contribution in [0.2, 0.25) is 0 Å². The van der Waals surface area contributed by atoms with Crippen molar-refractivity contribution in [2.45, 2.75) is 31.6 Å². The molecule has 1 aromatic heterocycles. The highest BCUT2D eigenvalue weighted by Crippen LogP contribution is 2.39. The summed E-state index contributed by atoms with van der Waals surface area (Å²) < 4.78 is 13.6. The lowest BCUT2D eigenvalue weighted by Gasteiger charge is -2.35. The Bertz CT molecular complexity index is 747. The van der Waals surface area contributed by atoms with Crippen molar-refractivity contribution in [2.75, 3.05) is 20.2 Å². The Morgan fingerprint density at radius 2 is 1.88 bits per heavy atom. The Balaban J connectivity index is 1.40. The summed E-state index contributed by atoms with van der Waals surface area (Å²) in [6.45, 7) is 2.93. The van der Waals surface area contributed by atoms with Gasteiger partial charge in [-0.2, -0.15) is 0 Å². The molecule has 2 aromatic rings. The van der Waals surface area contributed by atoms with E-state index in [0.717, 1.165) is 38.3 Å². The number of hydrogen-bond donors (Lipinski definition) is 1. The van der Waals surface area contributed by atoms with Crippen LogP contribution < -0.4 is 9.47 Å². The summed E-state index contributed by atoms with van der Waals surface area (Å²) in [5.74, 6) is 3.59. The van der Waals surface area contributed by atoms with Gasteiger partial charge in [-0.05, 0) is 36.8 Å². The van der Waals surface area contributed by atoms with Gasteiger partial charge in [-0.25, -0.2) is 4.98 Å². The minimum Gasteiger partial charge on any atom is -0.493 e. The highest BCUT2D eigenvalue weighted by Gasteiger charge is 2.42. The summed E-state index contributed by atoms with van der Waals surface area (Å²) in [5.41, 5.74) is 0. The number of methoxy groups -OCH3 is 1. The Morgan fingerprint density at radius 1 is 1.15 bits per heavy atom. The second-order valence-corrected chi connectivity index (χ2v) is 7.51. The van der Waals surface area contributed by atoms with Gasteiger partial charge in [0.05, 0.1) is 19.8 Å². The van der Waals surface area contributed by atoms with Crippen molar-refractivity contribution < 1.29 is 14.6 Å². The zero-order valence-corrected chi connectivity index (χ0v) is 15.4. The van der Waals surface area contributed by atoms with Gasteiger partial charge in [0.2, 0.25) is 0 Å². The normalized spacial score (nSPS) is 28.7. The van der Waals surface area contributed by atoms with E-state index in [1.165, 1.54) is 0 Å². The molecule has 6 nitrogen and oxygen atoms in total. The Hall–Kier alpha value is -2.05. The Labute approximate surface area is 154 Å². The first-order valence-electron chi connectivity index (χ1n) is 9.30. The Kier molecular flexibility index (Phi) is 4.87. The van der Waals surface area contributed by atoms with E-state index in [1.54, 1.807) is 7.11 Å². The number of aliphatic hydroxyl groups excluding tert-OH is 1. The maximum Gasteiger partial charge on any atom is 0.161 e. The van der Waals surface area contributed by atoms with E-state index in [9.17, 15) is 5.11 Å². The first-order valence-corrected chi connectivity index (χ1v) is 9.30. The van der Waals surface area contributed by atoms with Crippen molar-refractivity contribution >= 4 is 0 Å². The molecule has 1 aromatic carbocycles. The highest BCUT2D eigenvalue weighted by molar-refractivity contribution is 5.39. The number of nitrogens with zero attached hydrogens (tertiary/aromatic N) is 3. The summed E-state index contributed by atoms with van der Waals surface area (Å²) in [6.07, 6.45) is 4.89. The molecule has 1 saturated carbocycles. The van der Waals surface area contributed by atoms with E-state index in [1.807, 2.05) is 43.7 Å². The maximum atomic E-state index is 10.6. The van der Waals surface area contributed by atoms with Gasteiger partial charge in [-0.15, -0.1) is 0 Å². The summed E-state index contributed by atoms with van der Waals surface area (Å²) in [5, 5.41) is 10.6. The van der Waals surface area contributed by atoms with Crippen LogP contribution in [0.25, 0.3) is 0 Å². The molecule has 1 N–H and O–H groups in total. The number of fused-ring (bicyclic) bond motifs is 1. The van der Waals surface area contributed by atoms with E-state index in [0.29, 0.717) is 23.3 Å². The third kappa shape index (κ3) is 3.44. The highest BCUT2D eigenvalue weighted by atomic mass is 16.5. The number of aromatic nitrogens is 2. The van der Waals surface area contributed by atoms with E-state index < -0.39 is 6.10 Å². The number of aliphatic hydroxyl groups is 1. The van der Waals surface area contributed by atoms with Crippen molar-refractivity contribution in [2.24, 2.45) is 18.9 Å². The van der Waals surface area contributed by atoms with E-state index in [-0.39, 0.29) is 6.10 Å². The van der Waals surface area contributed by atoms with Crippen LogP contribution in [0.5, 0.6) is 11.5 Å². The third-order valence-electron chi connectivity index (χ3n) is 5.79. The maximum absolute atomic E-state index is 10.6. The van der Waals surface area contributed by atoms with Crippen molar-refractivity contribution in [1.29, 1.82) is 0 Å². The molecule has 0 unspecified atom stereocenters. The van der Waals surface area contributed by atoms with Crippen LogP contribution >= 0.6 is 0 Å². The fourth-order valence-corrected chi connectivity index (χ4v) is 4.37. The fourth-order valence-electron chi connectivity index (χ4n) is 4.37. The van der Waals surface area contributed by atoms with E-state index in [4.69, 9.17) is 9.47 Å². The van der Waals surface area contributed by atoms with Crippen molar-refractivity contribution in [3.8, 4) is 11.5 Å². The summed E-state index contributed by atoms with van der Waals surface area (Å²) in [7, 11) is 3.67. The molecule has 4 rings (SSSR count). The number of para-hydroxylation sites is 2. The molecule has 1 saturated heterocycles. The first-order chi connectivity index (χ1) is 12.6. The number of benzene rings is 1. The number of aryl methyl sites for hydroxylation is 1. The van der Waals surface area contributed by atoms with Crippen molar-refractivity contribution in [3.05, 3.63) is 42.5 Å². The Morgan fingerprint density at radius 3 is 2.58 bits per heavy atom. The summed E-state index contributed by atoms with van der Waals surface area (Å²) in [4.78, 5) is 6.89. The molecule has 2 heterocycles. The lowest BCUT2D eigenvalue weighted by atomic mass is 9.78. The average Bonchev–Trinajstić information content (AvgIpc) is 3.21. The van der Waals surface area contributed by atoms with Crippen LogP contribution in [0.1, 0.15) is 18.7 Å². The lowest BCUT2D eigenvalue weighted by Crippen LogP contribution is -2.42. The third-order valence-corrected chi connectivity index (χ3v) is 5.79. The van der Waals surface area contributed by atoms with Gasteiger partial charge >= 0.3 is 0 Å². The molecule has 0 spiro atoms. The molecule has 2 fully saturated rings. The molecule has 1 aliphatic carbocycles. The van der Waals surface area contributed by atoms with Crippen LogP contribution in [0.15, 0.2) is 36.7 Å². The van der Waals surface area contributed by atoms with Crippen molar-refractivity contribution in [3.63, 3.8) is 0 Å². The zero-order valence-electron chi connectivity index (χ0n) is 15.4. The molecule has 4 atom stereocenters. The first kappa shape index (κ1) is 17.4. The number of rotatable bonds is 5. The predicted octanol–water partition coefficient (Wildman–Crippen LogP) is 2.08. The quantitative estimate of drug-likeness (QED) is 0.888. The van der Waals surface area contributed by atoms with E-state index in [2.05, 4.69) is 14.5 Å². The predicted molar refractivity (Wildman–Crippen MR) is 98.1 cm³/mol. The topological polar surface area (TPSA) is 59.8 Å². The van der Waals surface area contributed by atoms with Gasteiger partial charge in [0.1, 0.15) is 11.9 Å². The monoisotopic (exact) mass is 357 g/mol. The lowest BCUT2D eigenvalue weighted by molar-refractivity contribution is -0.0240. The number of hydrogen-bond acceptors (Lipinski definition) is 5. The molecule has 1 aliphatic heterocycles. The largest absolute Gasteiger partial charge is 0.493 e. The van der Waals surface area contributed by atoms with Gasteiger partial charge < -0.3 is 19.1 Å². The zero-order chi connectivity index (χ0) is 18.1. The molecule has 0 amide bonds. The van der Waals surface area contributed by atoms with Crippen LogP contribution in [0.4, 0.5) is 0 Å². The molecular weight excluding hydrogens is 330 g/mol. The molecule has 140 valence electrons. The fraction of sp³-hybridized carbons (Fsp3) is 0.550. The van der Waals surface area contributed by atoms with Gasteiger partial charge in [0.25, 0.3) is 0 Å². The average molecular weight is 357 g/mol. The minimum absolute atomic E-state index is 0.180. The van der Waals surface area contributed by atoms with Gasteiger partial charge in [0, 0.05) is 32.5 Å². The number of imidazole rings is 1. The molecule has 0 radical (unpaired) electrons. The second kappa shape index (κ2) is 7.29. The van der Waals surface area contributed by atoms with Crippen LogP contribution in [-0.2, 0) is 13.6 Å². The summed E-state index contributed by atoms with van der Waals surface area (Å²) >= 11 is 0. The number of likely N-dealkylation sites (tertiary alicyclic amines) is 1. The molecule has 26 heavy (non-hydrogen) atoms. The van der Waals surface area contributed by atoms with Gasteiger partial charge in [-0.3, -0.25) is 4.90 Å². The molecule has 6 heteroatoms. The smallest absolute Gasteiger partial charge is 0.161 e. The standard InChI is InChI=1S/C20H27N3O3/c1-22-8-7-21-20(22)13-23-11-14-9-16(24)19(10-15(14)12-23)26-18-6-4-3-5-17(18)25-2/h3-8,14-16,19,24H,9-13H2,1-2H3/t14-,15+,16+,19+/m0/s1. The van der Waals surface area contributed by atoms with Gasteiger partial charge in [0.15, 0.2) is 11.5 Å². The molecule has 0 bridgehead atoms. The number of ether oxygens (including phenoxy) is 2. The molecular formula is C20H27N3O3. The second-order valence-electron chi connectivity index (χ2n) is 7.51.